The molecular formula is C49H49O9P. The van der Waals surface area contributed by atoms with Crippen LogP contribution in [0.5, 0.6) is 0 Å². The van der Waals surface area contributed by atoms with E-state index in [1.165, 1.54) is 76.4 Å². The summed E-state index contributed by atoms with van der Waals surface area (Å²) in [5, 5.41) is 20.4. The van der Waals surface area contributed by atoms with E-state index in [4.69, 9.17) is 9.47 Å². The van der Waals surface area contributed by atoms with E-state index in [0.29, 0.717) is 0 Å². The van der Waals surface area contributed by atoms with Gasteiger partial charge in [-0.15, -0.1) is 0 Å². The minimum Gasteiger partial charge on any atom is -0.478 e. The number of carbonyl (C=O) groups is 4. The van der Waals surface area contributed by atoms with E-state index >= 15 is 4.57 Å². The van der Waals surface area contributed by atoms with Gasteiger partial charge in [0.1, 0.15) is 7.14 Å². The molecule has 0 aromatic heterocycles. The van der Waals surface area contributed by atoms with Gasteiger partial charge in [-0.3, -0.25) is 0 Å². The summed E-state index contributed by atoms with van der Waals surface area (Å²) in [4.78, 5) is 46.8. The van der Waals surface area contributed by atoms with Crippen LogP contribution in [0.3, 0.4) is 0 Å². The SMILES string of the molecule is CC.Cc1cc2ccc1CCC1=CC=C(CC2)C(P(=O)(c2ccccc2)c2ccccc2)C1.O=C(OC(C(=O)O)C(OC(=O)c1ccccc1)C(=O)O)c1ccccc1. The Morgan fingerprint density at radius 2 is 1.05 bits per heavy atom. The van der Waals surface area contributed by atoms with E-state index in [0.717, 1.165) is 42.7 Å². The van der Waals surface area contributed by atoms with Gasteiger partial charge in [-0.2, -0.15) is 0 Å². The fraction of sp³-hybridized carbons (Fsp3) is 0.224. The zero-order chi connectivity index (χ0) is 42.4. The Bertz CT molecular complexity index is 2210. The van der Waals surface area contributed by atoms with Crippen molar-refractivity contribution in [3.63, 3.8) is 0 Å². The van der Waals surface area contributed by atoms with Crippen LogP contribution in [0.15, 0.2) is 163 Å². The molecule has 0 saturated carbocycles. The molecule has 5 aliphatic carbocycles. The average molecular weight is 813 g/mol. The van der Waals surface area contributed by atoms with Gasteiger partial charge >= 0.3 is 23.9 Å². The van der Waals surface area contributed by atoms with E-state index in [-0.39, 0.29) is 16.8 Å². The van der Waals surface area contributed by atoms with E-state index in [2.05, 4.69) is 61.5 Å². The van der Waals surface area contributed by atoms with E-state index < -0.39 is 43.2 Å². The summed E-state index contributed by atoms with van der Waals surface area (Å²) < 4.78 is 24.6. The van der Waals surface area contributed by atoms with Crippen LogP contribution in [-0.4, -0.2) is 52.0 Å². The Morgan fingerprint density at radius 1 is 0.593 bits per heavy atom. The van der Waals surface area contributed by atoms with Crippen LogP contribution < -0.4 is 10.6 Å². The minimum absolute atomic E-state index is 0.0253. The number of aliphatic carboxylic acids is 2. The third-order valence-corrected chi connectivity index (χ3v) is 13.7. The molecular weight excluding hydrogens is 764 g/mol. The Balaban J connectivity index is 0.000000219. The predicted molar refractivity (Wildman–Crippen MR) is 230 cm³/mol. The molecule has 304 valence electrons. The predicted octanol–water partition coefficient (Wildman–Crippen LogP) is 9.15. The first-order valence-electron chi connectivity index (χ1n) is 19.7. The molecule has 3 unspecified atom stereocenters. The fourth-order valence-corrected chi connectivity index (χ4v) is 10.6. The van der Waals surface area contributed by atoms with Crippen molar-refractivity contribution < 1.29 is 43.4 Å². The molecule has 5 aromatic carbocycles. The molecule has 0 spiro atoms. The lowest BCUT2D eigenvalue weighted by Gasteiger charge is -2.34. The van der Waals surface area contributed by atoms with Gasteiger partial charge < -0.3 is 24.3 Å². The Hall–Kier alpha value is -6.31. The summed E-state index contributed by atoms with van der Waals surface area (Å²) in [5.74, 6) is -5.63. The van der Waals surface area contributed by atoms with Gasteiger partial charge in [-0.25, -0.2) is 19.2 Å². The number of benzene rings is 5. The third kappa shape index (κ3) is 11.0. The Labute approximate surface area is 345 Å². The lowest BCUT2D eigenvalue weighted by Crippen LogP contribution is -2.45. The molecule has 3 atom stereocenters. The lowest BCUT2D eigenvalue weighted by molar-refractivity contribution is -0.166. The smallest absolute Gasteiger partial charge is 0.349 e. The molecule has 0 radical (unpaired) electrons. The molecule has 0 heterocycles. The highest BCUT2D eigenvalue weighted by molar-refractivity contribution is 7.79. The summed E-state index contributed by atoms with van der Waals surface area (Å²) in [6.45, 7) is 6.23. The first-order chi connectivity index (χ1) is 28.5. The number of hydrogen-bond acceptors (Lipinski definition) is 7. The number of carboxylic acids is 2. The summed E-state index contributed by atoms with van der Waals surface area (Å²) in [6.07, 6.45) is 5.10. The molecule has 5 aromatic rings. The molecule has 2 N–H and O–H groups in total. The van der Waals surface area contributed by atoms with Gasteiger partial charge in [0.05, 0.1) is 11.1 Å². The van der Waals surface area contributed by atoms with Crippen molar-refractivity contribution in [1.29, 1.82) is 0 Å². The number of carbonyl (C=O) groups excluding carboxylic acids is 2. The maximum atomic E-state index is 15.1. The van der Waals surface area contributed by atoms with E-state index in [1.807, 2.05) is 50.2 Å². The van der Waals surface area contributed by atoms with Gasteiger partial charge in [-0.1, -0.05) is 152 Å². The molecule has 5 aliphatic rings. The maximum Gasteiger partial charge on any atom is 0.349 e. The summed E-state index contributed by atoms with van der Waals surface area (Å²) in [6, 6.07) is 42.2. The topological polar surface area (TPSA) is 144 Å². The molecule has 9 nitrogen and oxygen atoms in total. The average Bonchev–Trinajstić information content (AvgIpc) is 3.27. The maximum absolute atomic E-state index is 15.1. The van der Waals surface area contributed by atoms with E-state index in [1.54, 1.807) is 12.1 Å². The molecule has 0 amide bonds. The monoisotopic (exact) mass is 812 g/mol. The molecule has 0 aliphatic heterocycles. The van der Waals surface area contributed by atoms with E-state index in [9.17, 15) is 29.4 Å². The standard InChI is InChI=1S/C29H29OP.C18H14O8.C2H6/c1-22-20-23-12-16-25(22)17-13-24-15-19-26(18-14-23)29(21-24)31(30,27-8-4-2-5-9-27)28-10-6-3-7-11-28;19-15(20)13(25-17(23)11-7-3-1-4-8-11)14(16(21)22)26-18(24)12-9-5-2-6-10-12;1-2/h2-12,15-16,19-20,29H,13-14,17-18,21H2,1H3;1-10,13-14H,(H,19,20)(H,21,22);1-2H3. The Kier molecular flexibility index (Phi) is 15.5. The zero-order valence-corrected chi connectivity index (χ0v) is 34.3. The van der Waals surface area contributed by atoms with Crippen LogP contribution in [0.4, 0.5) is 0 Å². The summed E-state index contributed by atoms with van der Waals surface area (Å²) >= 11 is 0. The Morgan fingerprint density at radius 3 is 1.49 bits per heavy atom. The number of aryl methyl sites for hydroxylation is 3. The summed E-state index contributed by atoms with van der Waals surface area (Å²) in [5.41, 5.74) is 7.06. The quantitative estimate of drug-likeness (QED) is 0.104. The zero-order valence-electron chi connectivity index (χ0n) is 33.4. The fourth-order valence-electron chi connectivity index (χ4n) is 7.17. The third-order valence-electron chi connectivity index (χ3n) is 10.2. The lowest BCUT2D eigenvalue weighted by atomic mass is 9.88. The molecule has 10 rings (SSSR count). The largest absolute Gasteiger partial charge is 0.478 e. The summed E-state index contributed by atoms with van der Waals surface area (Å²) in [7, 11) is -2.84. The van der Waals surface area contributed by atoms with Crippen LogP contribution in [0.1, 0.15) is 70.5 Å². The molecule has 59 heavy (non-hydrogen) atoms. The van der Waals surface area contributed by atoms with Crippen LogP contribution >= 0.6 is 7.14 Å². The highest BCUT2D eigenvalue weighted by Gasteiger charge is 2.42. The van der Waals surface area contributed by atoms with Crippen molar-refractivity contribution in [3.8, 4) is 0 Å². The number of esters is 2. The minimum atomic E-state index is -2.84. The van der Waals surface area contributed by atoms with Crippen LogP contribution in [-0.2, 0) is 36.5 Å². The normalized spacial score (nSPS) is 15.4. The van der Waals surface area contributed by atoms with Crippen molar-refractivity contribution in [2.75, 3.05) is 0 Å². The van der Waals surface area contributed by atoms with Crippen molar-refractivity contribution in [1.82, 2.24) is 0 Å². The second-order valence-electron chi connectivity index (χ2n) is 13.9. The van der Waals surface area contributed by atoms with Crippen LogP contribution in [0.25, 0.3) is 0 Å². The first kappa shape index (κ1) is 43.8. The highest BCUT2D eigenvalue weighted by Crippen LogP contribution is 2.55. The number of allylic oxidation sites excluding steroid dienone is 4. The molecule has 4 bridgehead atoms. The van der Waals surface area contributed by atoms with Gasteiger partial charge in [0.15, 0.2) is 0 Å². The number of carboxylic acid groups (broad SMARTS) is 2. The van der Waals surface area contributed by atoms with Gasteiger partial charge in [0.25, 0.3) is 0 Å². The van der Waals surface area contributed by atoms with Crippen molar-refractivity contribution >= 4 is 41.6 Å². The molecule has 0 fully saturated rings. The highest BCUT2D eigenvalue weighted by atomic mass is 31.2. The van der Waals surface area contributed by atoms with Crippen molar-refractivity contribution in [2.24, 2.45) is 0 Å². The second-order valence-corrected chi connectivity index (χ2v) is 16.9. The number of rotatable bonds is 10. The number of ether oxygens (including phenoxy) is 2. The molecule has 0 saturated heterocycles. The first-order valence-corrected chi connectivity index (χ1v) is 21.5. The van der Waals surface area contributed by atoms with Crippen molar-refractivity contribution in [3.05, 3.63) is 191 Å². The second kappa shape index (κ2) is 20.9. The van der Waals surface area contributed by atoms with Crippen LogP contribution in [0.2, 0.25) is 0 Å². The number of hydrogen-bond donors (Lipinski definition) is 2. The van der Waals surface area contributed by atoms with Gasteiger partial charge in [0, 0.05) is 16.3 Å². The van der Waals surface area contributed by atoms with Crippen molar-refractivity contribution in [2.45, 2.75) is 70.7 Å². The van der Waals surface area contributed by atoms with Crippen LogP contribution in [0, 0.1) is 6.92 Å². The molecule has 10 heteroatoms. The van der Waals surface area contributed by atoms with Gasteiger partial charge in [0.2, 0.25) is 12.2 Å². The van der Waals surface area contributed by atoms with Gasteiger partial charge in [-0.05, 0) is 80.0 Å².